The third-order valence-electron chi connectivity index (χ3n) is 2.99. The predicted molar refractivity (Wildman–Crippen MR) is 84.2 cm³/mol. The van der Waals surface area contributed by atoms with E-state index in [1.807, 2.05) is 12.1 Å². The van der Waals surface area contributed by atoms with Crippen molar-refractivity contribution in [1.82, 2.24) is 5.32 Å². The van der Waals surface area contributed by atoms with Crippen LogP contribution in [0.5, 0.6) is 0 Å². The van der Waals surface area contributed by atoms with Gasteiger partial charge in [0.2, 0.25) is 0 Å². The highest BCUT2D eigenvalue weighted by atomic mass is 127. The zero-order valence-electron chi connectivity index (χ0n) is 9.94. The Bertz CT molecular complexity index is 532. The monoisotopic (exact) mass is 437 g/mol. The van der Waals surface area contributed by atoms with Crippen molar-refractivity contribution < 1.29 is 10.0 Å². The molecule has 0 saturated heterocycles. The van der Waals surface area contributed by atoms with E-state index >= 15 is 0 Å². The molecule has 19 heavy (non-hydrogen) atoms. The summed E-state index contributed by atoms with van der Waals surface area (Å²) in [6, 6.07) is 5.12. The first-order valence-corrected chi connectivity index (χ1v) is 7.63. The van der Waals surface area contributed by atoms with E-state index < -0.39 is 6.04 Å². The summed E-state index contributed by atoms with van der Waals surface area (Å²) in [5.41, 5.74) is 6.17. The molecule has 1 aliphatic carbocycles. The highest BCUT2D eigenvalue weighted by molar-refractivity contribution is 14.1. The maximum Gasteiger partial charge on any atom is 0.253 e. The molecule has 0 heterocycles. The molecule has 0 bridgehead atoms. The number of nitrogens with one attached hydrogen (secondary N) is 1. The fourth-order valence-electron chi connectivity index (χ4n) is 1.82. The first-order chi connectivity index (χ1) is 9.02. The van der Waals surface area contributed by atoms with Crippen LogP contribution >= 0.6 is 38.5 Å². The van der Waals surface area contributed by atoms with Gasteiger partial charge in [0.05, 0.1) is 11.6 Å². The van der Waals surface area contributed by atoms with Gasteiger partial charge < -0.3 is 16.3 Å². The molecule has 102 valence electrons. The highest BCUT2D eigenvalue weighted by Gasteiger charge is 2.35. The number of rotatable bonds is 4. The molecule has 5 nitrogen and oxygen atoms in total. The Balaban J connectivity index is 2.17. The normalized spacial score (nSPS) is 17.1. The third-order valence-corrected chi connectivity index (χ3v) is 4.35. The molecule has 1 saturated carbocycles. The van der Waals surface area contributed by atoms with Crippen molar-refractivity contribution in [2.45, 2.75) is 18.9 Å². The largest absolute Gasteiger partial charge is 0.409 e. The number of amidine groups is 1. The summed E-state index contributed by atoms with van der Waals surface area (Å²) in [5, 5.41) is 14.6. The molecular formula is C12H13BrIN3O2. The smallest absolute Gasteiger partial charge is 0.253 e. The third kappa shape index (κ3) is 3.59. The van der Waals surface area contributed by atoms with E-state index in [0.717, 1.165) is 20.9 Å². The average molecular weight is 438 g/mol. The Hall–Kier alpha value is -0.830. The van der Waals surface area contributed by atoms with Crippen molar-refractivity contribution in [3.8, 4) is 0 Å². The molecule has 0 aliphatic heterocycles. The van der Waals surface area contributed by atoms with Gasteiger partial charge in [-0.05, 0) is 75.5 Å². The van der Waals surface area contributed by atoms with Crippen LogP contribution in [0.25, 0.3) is 0 Å². The molecule has 2 rings (SSSR count). The molecule has 1 amide bonds. The Kier molecular flexibility index (Phi) is 4.67. The van der Waals surface area contributed by atoms with E-state index in [2.05, 4.69) is 49.0 Å². The molecule has 1 unspecified atom stereocenters. The van der Waals surface area contributed by atoms with Crippen LogP contribution < -0.4 is 11.1 Å². The van der Waals surface area contributed by atoms with Crippen LogP contribution in [0.15, 0.2) is 27.8 Å². The van der Waals surface area contributed by atoms with Crippen LogP contribution in [0.3, 0.4) is 0 Å². The number of amides is 1. The molecule has 4 N–H and O–H groups in total. The molecule has 7 heteroatoms. The van der Waals surface area contributed by atoms with Crippen LogP contribution in [-0.4, -0.2) is 23.0 Å². The summed E-state index contributed by atoms with van der Waals surface area (Å²) in [4.78, 5) is 12.2. The predicted octanol–water partition coefficient (Wildman–Crippen LogP) is 2.31. The number of nitrogens with two attached hydrogens (primary N) is 1. The topological polar surface area (TPSA) is 87.7 Å². The minimum atomic E-state index is -0.401. The van der Waals surface area contributed by atoms with E-state index in [-0.39, 0.29) is 17.7 Å². The summed E-state index contributed by atoms with van der Waals surface area (Å²) < 4.78 is 1.69. The Labute approximate surface area is 132 Å². The van der Waals surface area contributed by atoms with E-state index in [1.165, 1.54) is 0 Å². The van der Waals surface area contributed by atoms with Crippen molar-refractivity contribution in [2.24, 2.45) is 16.8 Å². The lowest BCUT2D eigenvalue weighted by Gasteiger charge is -2.17. The number of carbonyl (C=O) groups is 1. The van der Waals surface area contributed by atoms with Gasteiger partial charge in [-0.1, -0.05) is 5.16 Å². The van der Waals surface area contributed by atoms with Crippen LogP contribution in [0.2, 0.25) is 0 Å². The van der Waals surface area contributed by atoms with Crippen LogP contribution in [0.4, 0.5) is 0 Å². The Morgan fingerprint density at radius 1 is 1.58 bits per heavy atom. The Morgan fingerprint density at radius 2 is 2.26 bits per heavy atom. The number of halogens is 2. The summed E-state index contributed by atoms with van der Waals surface area (Å²) in [7, 11) is 0. The van der Waals surface area contributed by atoms with Gasteiger partial charge in [0.15, 0.2) is 5.84 Å². The second-order valence-electron chi connectivity index (χ2n) is 4.44. The van der Waals surface area contributed by atoms with Crippen LogP contribution in [0, 0.1) is 9.49 Å². The van der Waals surface area contributed by atoms with E-state index in [9.17, 15) is 4.79 Å². The molecule has 0 aromatic heterocycles. The lowest BCUT2D eigenvalue weighted by atomic mass is 10.1. The number of hydrogen-bond donors (Lipinski definition) is 3. The number of nitrogens with zero attached hydrogens (tertiary/aromatic N) is 1. The molecule has 1 aliphatic rings. The summed E-state index contributed by atoms with van der Waals surface area (Å²) in [5.74, 6) is 0.0906. The van der Waals surface area contributed by atoms with Crippen molar-refractivity contribution in [1.29, 1.82) is 0 Å². The number of carbonyl (C=O) groups excluding carboxylic acids is 1. The summed E-state index contributed by atoms with van der Waals surface area (Å²) in [6.45, 7) is 0. The lowest BCUT2D eigenvalue weighted by Crippen LogP contribution is -2.46. The number of oxime groups is 1. The first kappa shape index (κ1) is 14.6. The lowest BCUT2D eigenvalue weighted by molar-refractivity contribution is 0.0942. The van der Waals surface area contributed by atoms with Gasteiger partial charge in [-0.3, -0.25) is 4.79 Å². The van der Waals surface area contributed by atoms with Gasteiger partial charge in [-0.2, -0.15) is 0 Å². The molecule has 1 aromatic carbocycles. The molecule has 1 aromatic rings. The van der Waals surface area contributed by atoms with Crippen LogP contribution in [-0.2, 0) is 0 Å². The molecular weight excluding hydrogens is 425 g/mol. The van der Waals surface area contributed by atoms with Gasteiger partial charge >= 0.3 is 0 Å². The molecule has 1 atom stereocenters. The van der Waals surface area contributed by atoms with Crippen molar-refractivity contribution in [3.63, 3.8) is 0 Å². The Morgan fingerprint density at radius 3 is 2.84 bits per heavy atom. The molecule has 0 spiro atoms. The fraction of sp³-hybridized carbons (Fsp3) is 0.333. The zero-order valence-corrected chi connectivity index (χ0v) is 13.7. The quantitative estimate of drug-likeness (QED) is 0.222. The van der Waals surface area contributed by atoms with Crippen molar-refractivity contribution in [3.05, 3.63) is 31.8 Å². The second-order valence-corrected chi connectivity index (χ2v) is 6.54. The van der Waals surface area contributed by atoms with Crippen LogP contribution in [0.1, 0.15) is 23.2 Å². The fourth-order valence-corrected chi connectivity index (χ4v) is 2.73. The summed E-state index contributed by atoms with van der Waals surface area (Å²) >= 11 is 5.50. The molecule has 1 fully saturated rings. The van der Waals surface area contributed by atoms with Gasteiger partial charge in [0, 0.05) is 8.04 Å². The standard InChI is InChI=1S/C12H13BrIN3O2/c13-9-4-3-7(14)5-8(9)12(18)16-10(6-1-2-6)11(15)17-19/h3-6,10,19H,1-2H2,(H2,15,17)(H,16,18). The van der Waals surface area contributed by atoms with E-state index in [0.29, 0.717) is 5.56 Å². The minimum Gasteiger partial charge on any atom is -0.409 e. The van der Waals surface area contributed by atoms with E-state index in [4.69, 9.17) is 10.9 Å². The van der Waals surface area contributed by atoms with Gasteiger partial charge in [-0.25, -0.2) is 0 Å². The second kappa shape index (κ2) is 6.08. The number of benzene rings is 1. The van der Waals surface area contributed by atoms with Gasteiger partial charge in [-0.15, -0.1) is 0 Å². The summed E-state index contributed by atoms with van der Waals surface area (Å²) in [6.07, 6.45) is 1.96. The van der Waals surface area contributed by atoms with Gasteiger partial charge in [0.25, 0.3) is 5.91 Å². The van der Waals surface area contributed by atoms with Gasteiger partial charge in [0.1, 0.15) is 0 Å². The maximum absolute atomic E-state index is 12.2. The molecule has 0 radical (unpaired) electrons. The maximum atomic E-state index is 12.2. The minimum absolute atomic E-state index is 0.0533. The zero-order chi connectivity index (χ0) is 14.0. The van der Waals surface area contributed by atoms with Crippen molar-refractivity contribution >= 4 is 50.3 Å². The SMILES string of the molecule is N/C(=N/O)C(NC(=O)c1cc(I)ccc1Br)C1CC1. The highest BCUT2D eigenvalue weighted by Crippen LogP contribution is 2.33. The van der Waals surface area contributed by atoms with E-state index in [1.54, 1.807) is 6.07 Å². The first-order valence-electron chi connectivity index (χ1n) is 5.76. The average Bonchev–Trinajstić information content (AvgIpc) is 3.22. The van der Waals surface area contributed by atoms with Crippen molar-refractivity contribution in [2.75, 3.05) is 0 Å². The number of hydrogen-bond acceptors (Lipinski definition) is 3.